The second-order valence-corrected chi connectivity index (χ2v) is 4.27. The molecule has 0 saturated carbocycles. The van der Waals surface area contributed by atoms with Gasteiger partial charge in [-0.1, -0.05) is 12.1 Å². The average Bonchev–Trinajstić information content (AvgIpc) is 2.45. The number of nitrogens with one attached hydrogen (secondary N) is 1. The smallest absolute Gasteiger partial charge is 0.233 e. The molecule has 5 nitrogen and oxygen atoms in total. The van der Waals surface area contributed by atoms with E-state index in [2.05, 4.69) is 15.3 Å². The van der Waals surface area contributed by atoms with Gasteiger partial charge in [-0.15, -0.1) is 0 Å². The predicted molar refractivity (Wildman–Crippen MR) is 72.4 cm³/mol. The van der Waals surface area contributed by atoms with Crippen molar-refractivity contribution in [2.75, 3.05) is 12.4 Å². The topological polar surface area (TPSA) is 73.1 Å². The van der Waals surface area contributed by atoms with E-state index in [0.717, 1.165) is 10.5 Å². The highest BCUT2D eigenvalue weighted by atomic mass is 32.2. The molecule has 2 rings (SSSR count). The van der Waals surface area contributed by atoms with Crippen molar-refractivity contribution < 1.29 is 4.74 Å². The van der Waals surface area contributed by atoms with Crippen molar-refractivity contribution in [2.45, 2.75) is 11.4 Å². The van der Waals surface area contributed by atoms with Crippen LogP contribution in [-0.4, -0.2) is 17.1 Å². The van der Waals surface area contributed by atoms with Gasteiger partial charge in [0.2, 0.25) is 5.88 Å². The van der Waals surface area contributed by atoms with E-state index >= 15 is 0 Å². The maximum Gasteiger partial charge on any atom is 0.233 e. The maximum absolute atomic E-state index is 5.52. The lowest BCUT2D eigenvalue weighted by Gasteiger charge is -2.07. The number of nitrogens with two attached hydrogens (primary N) is 1. The zero-order chi connectivity index (χ0) is 12.8. The Balaban J connectivity index is 2.01. The van der Waals surface area contributed by atoms with E-state index in [1.54, 1.807) is 19.5 Å². The molecule has 0 aliphatic rings. The number of methoxy groups -OCH3 is 1. The van der Waals surface area contributed by atoms with Crippen LogP contribution >= 0.6 is 11.9 Å². The quantitative estimate of drug-likeness (QED) is 0.804. The molecule has 0 saturated heterocycles. The maximum atomic E-state index is 5.52. The Bertz CT molecular complexity index is 473. The van der Waals surface area contributed by atoms with Gasteiger partial charge in [-0.2, -0.15) is 4.98 Å². The van der Waals surface area contributed by atoms with Gasteiger partial charge in [0.25, 0.3) is 0 Å². The second kappa shape index (κ2) is 6.23. The summed E-state index contributed by atoms with van der Waals surface area (Å²) in [5.74, 6) is 1.17. The lowest BCUT2D eigenvalue weighted by atomic mass is 10.2. The molecule has 0 bridgehead atoms. The summed E-state index contributed by atoms with van der Waals surface area (Å²) in [5, 5.41) is 8.70. The molecule has 0 fully saturated rings. The second-order valence-electron chi connectivity index (χ2n) is 3.57. The van der Waals surface area contributed by atoms with Crippen LogP contribution in [0.4, 0.5) is 5.82 Å². The van der Waals surface area contributed by atoms with Crippen LogP contribution in [0.15, 0.2) is 41.6 Å². The number of anilines is 1. The number of rotatable bonds is 5. The summed E-state index contributed by atoms with van der Waals surface area (Å²) in [4.78, 5) is 9.28. The van der Waals surface area contributed by atoms with Gasteiger partial charge in [-0.05, 0) is 29.6 Å². The Hall–Kier alpha value is -1.79. The van der Waals surface area contributed by atoms with Crippen LogP contribution in [0.1, 0.15) is 5.56 Å². The lowest BCUT2D eigenvalue weighted by Crippen LogP contribution is -2.02. The van der Waals surface area contributed by atoms with Crippen LogP contribution in [0, 0.1) is 0 Å². The fraction of sp³-hybridized carbons (Fsp3) is 0.167. The van der Waals surface area contributed by atoms with Crippen molar-refractivity contribution in [1.29, 1.82) is 0 Å². The molecule has 0 spiro atoms. The lowest BCUT2D eigenvalue weighted by molar-refractivity contribution is 0.396. The summed E-state index contributed by atoms with van der Waals surface area (Å²) in [7, 11) is 1.57. The van der Waals surface area contributed by atoms with Gasteiger partial charge >= 0.3 is 0 Å². The zero-order valence-electron chi connectivity index (χ0n) is 9.96. The molecule has 1 aromatic heterocycles. The third-order valence-corrected chi connectivity index (χ3v) is 2.86. The Morgan fingerprint density at radius 2 is 2.28 bits per heavy atom. The minimum atomic E-state index is 0.492. The number of hydrogen-bond donors (Lipinski definition) is 2. The first-order chi connectivity index (χ1) is 8.81. The summed E-state index contributed by atoms with van der Waals surface area (Å²) in [6.07, 6.45) is 3.22. The molecule has 6 heteroatoms. The van der Waals surface area contributed by atoms with Crippen LogP contribution in [0.25, 0.3) is 0 Å². The number of hydrogen-bond acceptors (Lipinski definition) is 6. The number of ether oxygens (including phenoxy) is 1. The molecule has 0 radical (unpaired) electrons. The molecule has 18 heavy (non-hydrogen) atoms. The molecule has 0 amide bonds. The number of aromatic nitrogens is 2. The van der Waals surface area contributed by atoms with Gasteiger partial charge in [0, 0.05) is 11.4 Å². The average molecular weight is 262 g/mol. The molecule has 1 heterocycles. The van der Waals surface area contributed by atoms with E-state index in [4.69, 9.17) is 9.88 Å². The van der Waals surface area contributed by atoms with Gasteiger partial charge in [0.1, 0.15) is 5.82 Å². The molecule has 2 aromatic rings. The fourth-order valence-electron chi connectivity index (χ4n) is 1.45. The van der Waals surface area contributed by atoms with E-state index < -0.39 is 0 Å². The van der Waals surface area contributed by atoms with E-state index in [9.17, 15) is 0 Å². The van der Waals surface area contributed by atoms with Crippen molar-refractivity contribution in [2.24, 2.45) is 5.14 Å². The summed E-state index contributed by atoms with van der Waals surface area (Å²) in [6, 6.07) is 8.01. The van der Waals surface area contributed by atoms with E-state index in [-0.39, 0.29) is 0 Å². The van der Waals surface area contributed by atoms with Crippen LogP contribution in [0.5, 0.6) is 5.88 Å². The van der Waals surface area contributed by atoms with Gasteiger partial charge < -0.3 is 10.1 Å². The summed E-state index contributed by atoms with van der Waals surface area (Å²) < 4.78 is 5.01. The van der Waals surface area contributed by atoms with Crippen molar-refractivity contribution >= 4 is 17.8 Å². The molecule has 94 valence electrons. The molecular weight excluding hydrogens is 248 g/mol. The Labute approximate surface area is 110 Å². The summed E-state index contributed by atoms with van der Waals surface area (Å²) in [6.45, 7) is 0.663. The van der Waals surface area contributed by atoms with Crippen molar-refractivity contribution in [1.82, 2.24) is 9.97 Å². The predicted octanol–water partition coefficient (Wildman–Crippen LogP) is 2.06. The Morgan fingerprint density at radius 3 is 3.06 bits per heavy atom. The van der Waals surface area contributed by atoms with Gasteiger partial charge in [0.15, 0.2) is 0 Å². The molecular formula is C12H14N4OS. The van der Waals surface area contributed by atoms with Gasteiger partial charge in [-0.25, -0.2) is 0 Å². The molecule has 3 N–H and O–H groups in total. The van der Waals surface area contributed by atoms with Gasteiger partial charge in [-0.3, -0.25) is 10.1 Å². The minimum absolute atomic E-state index is 0.492. The third kappa shape index (κ3) is 3.35. The number of benzene rings is 1. The van der Waals surface area contributed by atoms with Crippen molar-refractivity contribution in [3.8, 4) is 5.88 Å². The highest BCUT2D eigenvalue weighted by Gasteiger charge is 1.99. The van der Waals surface area contributed by atoms with Crippen molar-refractivity contribution in [3.63, 3.8) is 0 Å². The highest BCUT2D eigenvalue weighted by molar-refractivity contribution is 7.97. The van der Waals surface area contributed by atoms with Crippen LogP contribution in [-0.2, 0) is 6.54 Å². The normalized spacial score (nSPS) is 10.1. The minimum Gasteiger partial charge on any atom is -0.480 e. The highest BCUT2D eigenvalue weighted by Crippen LogP contribution is 2.15. The third-order valence-electron chi connectivity index (χ3n) is 2.33. The first kappa shape index (κ1) is 12.7. The SMILES string of the molecule is COc1cncc(NCc2cccc(SN)c2)n1. The van der Waals surface area contributed by atoms with Crippen LogP contribution in [0.3, 0.4) is 0 Å². The fourth-order valence-corrected chi connectivity index (χ4v) is 1.83. The number of nitrogens with zero attached hydrogens (tertiary/aromatic N) is 2. The van der Waals surface area contributed by atoms with Crippen LogP contribution < -0.4 is 15.2 Å². The summed E-state index contributed by atoms with van der Waals surface area (Å²) >= 11 is 1.23. The first-order valence-electron chi connectivity index (χ1n) is 5.37. The first-order valence-corrected chi connectivity index (χ1v) is 6.25. The Kier molecular flexibility index (Phi) is 4.38. The molecule has 0 aliphatic heterocycles. The van der Waals surface area contributed by atoms with Crippen molar-refractivity contribution in [3.05, 3.63) is 42.2 Å². The zero-order valence-corrected chi connectivity index (χ0v) is 10.8. The van der Waals surface area contributed by atoms with Gasteiger partial charge in [0.05, 0.1) is 19.5 Å². The molecule has 0 unspecified atom stereocenters. The molecule has 1 aromatic carbocycles. The van der Waals surface area contributed by atoms with Crippen LogP contribution in [0.2, 0.25) is 0 Å². The monoisotopic (exact) mass is 262 g/mol. The molecule has 0 aliphatic carbocycles. The van der Waals surface area contributed by atoms with E-state index in [0.29, 0.717) is 18.2 Å². The molecule has 0 atom stereocenters. The van der Waals surface area contributed by atoms with E-state index in [1.165, 1.54) is 11.9 Å². The Morgan fingerprint density at radius 1 is 1.39 bits per heavy atom. The van der Waals surface area contributed by atoms with E-state index in [1.807, 2.05) is 24.3 Å². The standard InChI is InChI=1S/C12H14N4OS/c1-17-12-8-14-7-11(16-12)15-6-9-3-2-4-10(5-9)18-13/h2-5,7-8H,6,13H2,1H3,(H,15,16). The largest absolute Gasteiger partial charge is 0.480 e. The summed E-state index contributed by atoms with van der Waals surface area (Å²) in [5.41, 5.74) is 1.13.